The van der Waals surface area contributed by atoms with Gasteiger partial charge in [-0.05, 0) is 24.1 Å². The van der Waals surface area contributed by atoms with Crippen LogP contribution in [0.4, 0.5) is 4.79 Å². The van der Waals surface area contributed by atoms with Crippen molar-refractivity contribution in [3.05, 3.63) is 42.0 Å². The molecule has 5 nitrogen and oxygen atoms in total. The standard InChI is InChI=1S/C13H14N2O3/c16-13(18-12-6-2-1-3-7-12)15-8-4-5-11(10-15)9-14-17/h1-3,5-7,9,17H,4,8,10H2. The van der Waals surface area contributed by atoms with Crippen molar-refractivity contribution < 1.29 is 14.7 Å². The lowest BCUT2D eigenvalue weighted by Crippen LogP contribution is -2.38. The van der Waals surface area contributed by atoms with Crippen LogP contribution in [-0.2, 0) is 0 Å². The molecule has 18 heavy (non-hydrogen) atoms. The Kier molecular flexibility index (Phi) is 3.96. The molecular formula is C13H14N2O3. The van der Waals surface area contributed by atoms with Crippen molar-refractivity contribution in [1.82, 2.24) is 4.90 Å². The highest BCUT2D eigenvalue weighted by atomic mass is 16.6. The molecule has 0 atom stereocenters. The molecular weight excluding hydrogens is 232 g/mol. The van der Waals surface area contributed by atoms with Crippen LogP contribution in [0.5, 0.6) is 5.75 Å². The minimum Gasteiger partial charge on any atom is -0.411 e. The van der Waals surface area contributed by atoms with Crippen molar-refractivity contribution in [3.63, 3.8) is 0 Å². The molecule has 1 heterocycles. The van der Waals surface area contributed by atoms with E-state index in [0.29, 0.717) is 18.8 Å². The molecule has 2 rings (SSSR count). The molecule has 0 bridgehead atoms. The lowest BCUT2D eigenvalue weighted by molar-refractivity contribution is 0.156. The van der Waals surface area contributed by atoms with Gasteiger partial charge >= 0.3 is 6.09 Å². The summed E-state index contributed by atoms with van der Waals surface area (Å²) in [6.07, 6.45) is 3.61. The predicted octanol–water partition coefficient (Wildman–Crippen LogP) is 2.28. The third-order valence-electron chi connectivity index (χ3n) is 2.61. The van der Waals surface area contributed by atoms with Gasteiger partial charge in [-0.25, -0.2) is 4.79 Å². The van der Waals surface area contributed by atoms with Gasteiger partial charge in [-0.15, -0.1) is 0 Å². The summed E-state index contributed by atoms with van der Waals surface area (Å²) in [6, 6.07) is 8.93. The van der Waals surface area contributed by atoms with Gasteiger partial charge in [0.05, 0.1) is 12.8 Å². The first-order valence-corrected chi connectivity index (χ1v) is 5.68. The van der Waals surface area contributed by atoms with Crippen molar-refractivity contribution in [2.45, 2.75) is 6.42 Å². The van der Waals surface area contributed by atoms with Gasteiger partial charge in [0, 0.05) is 6.54 Å². The van der Waals surface area contributed by atoms with Gasteiger partial charge in [0.25, 0.3) is 0 Å². The SMILES string of the molecule is O=C(Oc1ccccc1)N1CCC=C(C=NO)C1. The van der Waals surface area contributed by atoms with Crippen LogP contribution >= 0.6 is 0 Å². The number of hydrogen-bond acceptors (Lipinski definition) is 4. The van der Waals surface area contributed by atoms with Crippen LogP contribution in [0.1, 0.15) is 6.42 Å². The molecule has 0 spiro atoms. The molecule has 0 aromatic heterocycles. The van der Waals surface area contributed by atoms with Gasteiger partial charge in [0.1, 0.15) is 5.75 Å². The quantitative estimate of drug-likeness (QED) is 0.494. The lowest BCUT2D eigenvalue weighted by atomic mass is 10.1. The van der Waals surface area contributed by atoms with E-state index in [4.69, 9.17) is 9.94 Å². The van der Waals surface area contributed by atoms with Gasteiger partial charge < -0.3 is 14.8 Å². The summed E-state index contributed by atoms with van der Waals surface area (Å²) in [5, 5.41) is 11.4. The first-order valence-electron chi connectivity index (χ1n) is 5.68. The fourth-order valence-electron chi connectivity index (χ4n) is 1.75. The third-order valence-corrected chi connectivity index (χ3v) is 2.61. The van der Waals surface area contributed by atoms with Gasteiger partial charge in [-0.2, -0.15) is 0 Å². The number of nitrogens with zero attached hydrogens (tertiary/aromatic N) is 2. The maximum absolute atomic E-state index is 11.9. The minimum absolute atomic E-state index is 0.391. The first-order chi connectivity index (χ1) is 8.79. The summed E-state index contributed by atoms with van der Waals surface area (Å²) in [5.41, 5.74) is 0.800. The van der Waals surface area contributed by atoms with Crippen LogP contribution in [0.2, 0.25) is 0 Å². The monoisotopic (exact) mass is 246 g/mol. The van der Waals surface area contributed by atoms with E-state index in [1.54, 1.807) is 17.0 Å². The van der Waals surface area contributed by atoms with Crippen molar-refractivity contribution in [2.75, 3.05) is 13.1 Å². The smallest absolute Gasteiger partial charge is 0.411 e. The summed E-state index contributed by atoms with van der Waals surface area (Å²) in [4.78, 5) is 13.5. The number of hydrogen-bond donors (Lipinski definition) is 1. The first kappa shape index (κ1) is 12.2. The molecule has 5 heteroatoms. The van der Waals surface area contributed by atoms with E-state index in [-0.39, 0.29) is 0 Å². The van der Waals surface area contributed by atoms with Crippen molar-refractivity contribution in [3.8, 4) is 5.75 Å². The van der Waals surface area contributed by atoms with Crippen LogP contribution < -0.4 is 4.74 Å². The average molecular weight is 246 g/mol. The third kappa shape index (κ3) is 3.10. The summed E-state index contributed by atoms with van der Waals surface area (Å²) in [6.45, 7) is 1.00. The number of carbonyl (C=O) groups excluding carboxylic acids is 1. The Morgan fingerprint density at radius 1 is 1.39 bits per heavy atom. The molecule has 1 amide bonds. The van der Waals surface area contributed by atoms with Gasteiger partial charge in [-0.1, -0.05) is 29.4 Å². The molecule has 1 N–H and O–H groups in total. The molecule has 0 saturated carbocycles. The number of amides is 1. The largest absolute Gasteiger partial charge is 0.415 e. The fourth-order valence-corrected chi connectivity index (χ4v) is 1.75. The van der Waals surface area contributed by atoms with Crippen molar-refractivity contribution in [2.24, 2.45) is 5.16 Å². The molecule has 1 aromatic rings. The van der Waals surface area contributed by atoms with Gasteiger partial charge in [0.15, 0.2) is 0 Å². The minimum atomic E-state index is -0.391. The van der Waals surface area contributed by atoms with Crippen LogP contribution in [0.25, 0.3) is 0 Å². The Morgan fingerprint density at radius 3 is 2.89 bits per heavy atom. The molecule has 0 unspecified atom stereocenters. The van der Waals surface area contributed by atoms with E-state index in [9.17, 15) is 4.79 Å². The second-order valence-electron chi connectivity index (χ2n) is 3.91. The molecule has 0 radical (unpaired) electrons. The fraction of sp³-hybridized carbons (Fsp3) is 0.231. The summed E-state index contributed by atoms with van der Waals surface area (Å²) < 4.78 is 5.23. The number of benzene rings is 1. The van der Waals surface area contributed by atoms with E-state index < -0.39 is 6.09 Å². The lowest BCUT2D eigenvalue weighted by Gasteiger charge is -2.25. The molecule has 1 aliphatic rings. The molecule has 1 aromatic carbocycles. The number of rotatable bonds is 2. The normalized spacial score (nSPS) is 15.6. The topological polar surface area (TPSA) is 62.1 Å². The Balaban J connectivity index is 1.96. The second-order valence-corrected chi connectivity index (χ2v) is 3.91. The highest BCUT2D eigenvalue weighted by Crippen LogP contribution is 2.13. The summed E-state index contributed by atoms with van der Waals surface area (Å²) >= 11 is 0. The summed E-state index contributed by atoms with van der Waals surface area (Å²) in [7, 11) is 0. The van der Waals surface area contributed by atoms with E-state index in [2.05, 4.69) is 5.16 Å². The van der Waals surface area contributed by atoms with E-state index in [1.165, 1.54) is 6.21 Å². The molecule has 0 saturated heterocycles. The zero-order valence-electron chi connectivity index (χ0n) is 9.82. The predicted molar refractivity (Wildman–Crippen MR) is 67.0 cm³/mol. The van der Waals surface area contributed by atoms with Crippen LogP contribution in [-0.4, -0.2) is 35.5 Å². The summed E-state index contributed by atoms with van der Waals surface area (Å²) in [5.74, 6) is 0.523. The van der Waals surface area contributed by atoms with Crippen LogP contribution in [0.3, 0.4) is 0 Å². The van der Waals surface area contributed by atoms with Crippen molar-refractivity contribution in [1.29, 1.82) is 0 Å². The Labute approximate surface area is 105 Å². The molecule has 1 aliphatic heterocycles. The number of ether oxygens (including phenoxy) is 1. The molecule has 94 valence electrons. The molecule has 0 aliphatic carbocycles. The Bertz CT molecular complexity index is 468. The maximum Gasteiger partial charge on any atom is 0.415 e. The van der Waals surface area contributed by atoms with E-state index >= 15 is 0 Å². The van der Waals surface area contributed by atoms with E-state index in [1.807, 2.05) is 24.3 Å². The van der Waals surface area contributed by atoms with Crippen LogP contribution in [0, 0.1) is 0 Å². The highest BCUT2D eigenvalue weighted by Gasteiger charge is 2.19. The van der Waals surface area contributed by atoms with Crippen LogP contribution in [0.15, 0.2) is 47.1 Å². The maximum atomic E-state index is 11.9. The van der Waals surface area contributed by atoms with E-state index in [0.717, 1.165) is 12.0 Å². The van der Waals surface area contributed by atoms with Crippen molar-refractivity contribution >= 4 is 12.3 Å². The van der Waals surface area contributed by atoms with Gasteiger partial charge in [0.2, 0.25) is 0 Å². The highest BCUT2D eigenvalue weighted by molar-refractivity contribution is 5.81. The second kappa shape index (κ2) is 5.86. The average Bonchev–Trinajstić information content (AvgIpc) is 2.40. The Hall–Kier alpha value is -2.30. The molecule has 0 fully saturated rings. The Morgan fingerprint density at radius 2 is 2.17 bits per heavy atom. The number of carbonyl (C=O) groups is 1. The number of oxime groups is 1. The number of para-hydroxylation sites is 1. The van der Waals surface area contributed by atoms with Gasteiger partial charge in [-0.3, -0.25) is 0 Å². The zero-order valence-corrected chi connectivity index (χ0v) is 9.82. The zero-order chi connectivity index (χ0) is 12.8.